The van der Waals surface area contributed by atoms with Crippen LogP contribution in [0.4, 0.5) is 0 Å². The van der Waals surface area contributed by atoms with Crippen LogP contribution in [0.5, 0.6) is 0 Å². The highest BCUT2D eigenvalue weighted by atomic mass is 16.2. The molecule has 1 aromatic carbocycles. The number of nitrogens with zero attached hydrogens (tertiary/aromatic N) is 3. The molecule has 0 spiro atoms. The van der Waals surface area contributed by atoms with E-state index in [1.807, 2.05) is 15.9 Å². The van der Waals surface area contributed by atoms with Crippen LogP contribution in [0.25, 0.3) is 0 Å². The highest BCUT2D eigenvalue weighted by Crippen LogP contribution is 2.11. The Morgan fingerprint density at radius 2 is 1.60 bits per heavy atom. The van der Waals surface area contributed by atoms with Crippen molar-refractivity contribution in [3.05, 3.63) is 35.4 Å². The van der Waals surface area contributed by atoms with Gasteiger partial charge in [0.15, 0.2) is 0 Å². The van der Waals surface area contributed by atoms with Crippen LogP contribution in [-0.2, 0) is 16.0 Å². The van der Waals surface area contributed by atoms with Crippen LogP contribution in [0.3, 0.4) is 0 Å². The predicted octanol–water partition coefficient (Wildman–Crippen LogP) is 1.69. The Hall–Kier alpha value is -1.88. The molecule has 0 aromatic heterocycles. The quantitative estimate of drug-likeness (QED) is 0.817. The van der Waals surface area contributed by atoms with Gasteiger partial charge in [-0.3, -0.25) is 14.5 Å². The number of hydrogen-bond acceptors (Lipinski definition) is 3. The maximum Gasteiger partial charge on any atom is 0.236 e. The maximum absolute atomic E-state index is 12.4. The number of carbonyl (C=O) groups excluding carboxylic acids is 2. The third-order valence-electron chi connectivity index (χ3n) is 5.25. The van der Waals surface area contributed by atoms with E-state index in [1.165, 1.54) is 11.1 Å². The van der Waals surface area contributed by atoms with Gasteiger partial charge in [-0.05, 0) is 31.7 Å². The van der Waals surface area contributed by atoms with Crippen molar-refractivity contribution < 1.29 is 9.59 Å². The van der Waals surface area contributed by atoms with Gasteiger partial charge in [0.25, 0.3) is 0 Å². The van der Waals surface area contributed by atoms with Gasteiger partial charge >= 0.3 is 0 Å². The molecule has 0 bridgehead atoms. The Morgan fingerprint density at radius 3 is 2.28 bits per heavy atom. The summed E-state index contributed by atoms with van der Waals surface area (Å²) >= 11 is 0. The zero-order chi connectivity index (χ0) is 17.6. The third kappa shape index (κ3) is 5.05. The fraction of sp³-hybridized carbons (Fsp3) is 0.600. The highest BCUT2D eigenvalue weighted by Gasteiger charge is 2.25. The van der Waals surface area contributed by atoms with E-state index in [-0.39, 0.29) is 11.8 Å². The monoisotopic (exact) mass is 343 g/mol. The van der Waals surface area contributed by atoms with Crippen LogP contribution in [0.2, 0.25) is 0 Å². The first-order valence-corrected chi connectivity index (χ1v) is 9.45. The van der Waals surface area contributed by atoms with Crippen LogP contribution >= 0.6 is 0 Å². The lowest BCUT2D eigenvalue weighted by Gasteiger charge is -2.35. The second kappa shape index (κ2) is 8.48. The molecule has 2 aliphatic heterocycles. The molecule has 5 heteroatoms. The van der Waals surface area contributed by atoms with Gasteiger partial charge in [0.05, 0.1) is 6.54 Å². The van der Waals surface area contributed by atoms with Gasteiger partial charge in [0.1, 0.15) is 0 Å². The first kappa shape index (κ1) is 17.9. The van der Waals surface area contributed by atoms with Crippen molar-refractivity contribution in [2.75, 3.05) is 45.8 Å². The number of carbonyl (C=O) groups is 2. The van der Waals surface area contributed by atoms with Crippen LogP contribution in [0, 0.1) is 6.92 Å². The first-order valence-electron chi connectivity index (χ1n) is 9.45. The van der Waals surface area contributed by atoms with E-state index in [9.17, 15) is 9.59 Å². The van der Waals surface area contributed by atoms with Crippen LogP contribution in [-0.4, -0.2) is 72.3 Å². The summed E-state index contributed by atoms with van der Waals surface area (Å²) in [6.07, 6.45) is 3.63. The molecular formula is C20H29N3O2. The lowest BCUT2D eigenvalue weighted by molar-refractivity contribution is -0.134. The fourth-order valence-corrected chi connectivity index (χ4v) is 3.69. The van der Waals surface area contributed by atoms with Crippen molar-refractivity contribution in [3.8, 4) is 0 Å². The standard InChI is InChI=1S/C20H29N3O2/c1-17-5-4-6-18(15-17)7-8-19(24)23-13-11-21(12-14-23)16-20(25)22-9-2-3-10-22/h4-6,15H,2-3,7-14,16H2,1H3. The summed E-state index contributed by atoms with van der Waals surface area (Å²) < 4.78 is 0. The second-order valence-electron chi connectivity index (χ2n) is 7.23. The molecule has 0 N–H and O–H groups in total. The molecule has 0 saturated carbocycles. The molecule has 2 saturated heterocycles. The molecule has 2 fully saturated rings. The number of rotatable bonds is 5. The summed E-state index contributed by atoms with van der Waals surface area (Å²) in [5.74, 6) is 0.476. The largest absolute Gasteiger partial charge is 0.342 e. The minimum Gasteiger partial charge on any atom is -0.342 e. The molecule has 2 amide bonds. The number of aryl methyl sites for hydroxylation is 2. The Bertz CT molecular complexity index is 603. The van der Waals surface area contributed by atoms with Gasteiger partial charge in [-0.25, -0.2) is 0 Å². The van der Waals surface area contributed by atoms with E-state index in [4.69, 9.17) is 0 Å². The van der Waals surface area contributed by atoms with Crippen molar-refractivity contribution in [2.45, 2.75) is 32.6 Å². The van der Waals surface area contributed by atoms with Gasteiger partial charge in [0, 0.05) is 45.7 Å². The molecule has 0 unspecified atom stereocenters. The lowest BCUT2D eigenvalue weighted by atomic mass is 10.1. The van der Waals surface area contributed by atoms with Crippen LogP contribution in [0.15, 0.2) is 24.3 Å². The van der Waals surface area contributed by atoms with Gasteiger partial charge in [0.2, 0.25) is 11.8 Å². The van der Waals surface area contributed by atoms with E-state index >= 15 is 0 Å². The SMILES string of the molecule is Cc1cccc(CCC(=O)N2CCN(CC(=O)N3CCCC3)CC2)c1. The molecular weight excluding hydrogens is 314 g/mol. The van der Waals surface area contributed by atoms with Crippen LogP contribution in [0.1, 0.15) is 30.4 Å². The van der Waals surface area contributed by atoms with Crippen LogP contribution < -0.4 is 0 Å². The second-order valence-corrected chi connectivity index (χ2v) is 7.23. The summed E-state index contributed by atoms with van der Waals surface area (Å²) in [6, 6.07) is 8.36. The van der Waals surface area contributed by atoms with Gasteiger partial charge in [-0.15, -0.1) is 0 Å². The minimum absolute atomic E-state index is 0.229. The predicted molar refractivity (Wildman–Crippen MR) is 98.3 cm³/mol. The summed E-state index contributed by atoms with van der Waals surface area (Å²) in [5.41, 5.74) is 2.46. The lowest BCUT2D eigenvalue weighted by Crippen LogP contribution is -2.51. The first-order chi connectivity index (χ1) is 12.1. The minimum atomic E-state index is 0.229. The summed E-state index contributed by atoms with van der Waals surface area (Å²) in [6.45, 7) is 7.48. The summed E-state index contributed by atoms with van der Waals surface area (Å²) in [7, 11) is 0. The summed E-state index contributed by atoms with van der Waals surface area (Å²) in [5, 5.41) is 0. The number of hydrogen-bond donors (Lipinski definition) is 0. The highest BCUT2D eigenvalue weighted by molar-refractivity contribution is 5.79. The Kier molecular flexibility index (Phi) is 6.08. The normalized spacial score (nSPS) is 18.6. The summed E-state index contributed by atoms with van der Waals surface area (Å²) in [4.78, 5) is 30.8. The van der Waals surface area contributed by atoms with Crippen molar-refractivity contribution >= 4 is 11.8 Å². The van der Waals surface area contributed by atoms with Gasteiger partial charge in [-0.1, -0.05) is 29.8 Å². The Labute approximate surface area is 150 Å². The zero-order valence-electron chi connectivity index (χ0n) is 15.2. The fourth-order valence-electron chi connectivity index (χ4n) is 3.69. The number of piperazine rings is 1. The van der Waals surface area contributed by atoms with Gasteiger partial charge < -0.3 is 9.80 Å². The Balaban J connectivity index is 1.39. The Morgan fingerprint density at radius 1 is 0.920 bits per heavy atom. The molecule has 136 valence electrons. The topological polar surface area (TPSA) is 43.9 Å². The molecule has 0 atom stereocenters. The average molecular weight is 343 g/mol. The number of likely N-dealkylation sites (tertiary alicyclic amines) is 1. The number of benzene rings is 1. The van der Waals surface area contributed by atoms with Gasteiger partial charge in [-0.2, -0.15) is 0 Å². The third-order valence-corrected chi connectivity index (χ3v) is 5.25. The number of amides is 2. The molecule has 3 rings (SSSR count). The molecule has 25 heavy (non-hydrogen) atoms. The average Bonchev–Trinajstić information content (AvgIpc) is 3.15. The van der Waals surface area contributed by atoms with E-state index in [0.717, 1.165) is 58.5 Å². The van der Waals surface area contributed by atoms with E-state index in [2.05, 4.69) is 30.0 Å². The van der Waals surface area contributed by atoms with Crippen molar-refractivity contribution in [1.29, 1.82) is 0 Å². The maximum atomic E-state index is 12.4. The molecule has 5 nitrogen and oxygen atoms in total. The molecule has 1 aromatic rings. The van der Waals surface area contributed by atoms with Crippen molar-refractivity contribution in [1.82, 2.24) is 14.7 Å². The van der Waals surface area contributed by atoms with E-state index in [0.29, 0.717) is 13.0 Å². The molecule has 2 heterocycles. The smallest absolute Gasteiger partial charge is 0.236 e. The molecule has 2 aliphatic rings. The molecule has 0 aliphatic carbocycles. The van der Waals surface area contributed by atoms with Crippen molar-refractivity contribution in [2.24, 2.45) is 0 Å². The van der Waals surface area contributed by atoms with E-state index < -0.39 is 0 Å². The molecule has 0 radical (unpaired) electrons. The van der Waals surface area contributed by atoms with Crippen molar-refractivity contribution in [3.63, 3.8) is 0 Å². The van der Waals surface area contributed by atoms with E-state index in [1.54, 1.807) is 0 Å². The zero-order valence-corrected chi connectivity index (χ0v) is 15.2.